The number of amides is 1. The Morgan fingerprint density at radius 1 is 0.929 bits per heavy atom. The normalized spacial score (nSPS) is 10.7. The van der Waals surface area contributed by atoms with Crippen LogP contribution in [0, 0.1) is 0 Å². The SMILES string of the molecule is CCCCOc1ccccc1NC(=O)/C=C/c1ccc(OCC)c(OCC)c1. The van der Waals surface area contributed by atoms with Crippen LogP contribution in [0.2, 0.25) is 0 Å². The van der Waals surface area contributed by atoms with Crippen LogP contribution in [-0.4, -0.2) is 25.7 Å². The number of hydrogen-bond donors (Lipinski definition) is 1. The molecule has 2 rings (SSSR count). The fourth-order valence-corrected chi connectivity index (χ4v) is 2.54. The first-order valence-corrected chi connectivity index (χ1v) is 9.78. The topological polar surface area (TPSA) is 56.8 Å². The smallest absolute Gasteiger partial charge is 0.248 e. The van der Waals surface area contributed by atoms with E-state index >= 15 is 0 Å². The van der Waals surface area contributed by atoms with Crippen molar-refractivity contribution in [3.63, 3.8) is 0 Å². The van der Waals surface area contributed by atoms with Crippen molar-refractivity contribution in [2.24, 2.45) is 0 Å². The molecule has 28 heavy (non-hydrogen) atoms. The summed E-state index contributed by atoms with van der Waals surface area (Å²) in [6.07, 6.45) is 5.27. The Hall–Kier alpha value is -2.95. The second-order valence-corrected chi connectivity index (χ2v) is 6.09. The lowest BCUT2D eigenvalue weighted by Gasteiger charge is -2.12. The van der Waals surface area contributed by atoms with Crippen LogP contribution in [0.25, 0.3) is 6.08 Å². The van der Waals surface area contributed by atoms with Crippen LogP contribution in [-0.2, 0) is 4.79 Å². The van der Waals surface area contributed by atoms with Crippen LogP contribution >= 0.6 is 0 Å². The number of rotatable bonds is 11. The van der Waals surface area contributed by atoms with Gasteiger partial charge in [-0.25, -0.2) is 0 Å². The van der Waals surface area contributed by atoms with E-state index in [1.807, 2.05) is 56.3 Å². The van der Waals surface area contributed by atoms with Crippen LogP contribution in [0.15, 0.2) is 48.5 Å². The van der Waals surface area contributed by atoms with Gasteiger partial charge in [0.1, 0.15) is 5.75 Å². The maximum absolute atomic E-state index is 12.3. The molecule has 0 bridgehead atoms. The molecular formula is C23H29NO4. The highest BCUT2D eigenvalue weighted by Crippen LogP contribution is 2.29. The van der Waals surface area contributed by atoms with Crippen molar-refractivity contribution in [3.05, 3.63) is 54.1 Å². The van der Waals surface area contributed by atoms with Crippen molar-refractivity contribution in [2.45, 2.75) is 33.6 Å². The molecule has 0 unspecified atom stereocenters. The highest BCUT2D eigenvalue weighted by molar-refractivity contribution is 6.02. The third-order valence-electron chi connectivity index (χ3n) is 3.89. The zero-order chi connectivity index (χ0) is 20.2. The minimum Gasteiger partial charge on any atom is -0.491 e. The Balaban J connectivity index is 2.05. The van der Waals surface area contributed by atoms with E-state index < -0.39 is 0 Å². The lowest BCUT2D eigenvalue weighted by molar-refractivity contribution is -0.111. The largest absolute Gasteiger partial charge is 0.491 e. The monoisotopic (exact) mass is 383 g/mol. The summed E-state index contributed by atoms with van der Waals surface area (Å²) >= 11 is 0. The Morgan fingerprint density at radius 2 is 1.68 bits per heavy atom. The fourth-order valence-electron chi connectivity index (χ4n) is 2.54. The molecule has 2 aromatic rings. The number of para-hydroxylation sites is 2. The van der Waals surface area contributed by atoms with E-state index in [-0.39, 0.29) is 5.91 Å². The van der Waals surface area contributed by atoms with Crippen LogP contribution in [0.4, 0.5) is 5.69 Å². The van der Waals surface area contributed by atoms with Crippen molar-refractivity contribution in [2.75, 3.05) is 25.1 Å². The van der Waals surface area contributed by atoms with Gasteiger partial charge in [0.2, 0.25) is 5.91 Å². The predicted molar refractivity (Wildman–Crippen MR) is 113 cm³/mol. The quantitative estimate of drug-likeness (QED) is 0.422. The third-order valence-corrected chi connectivity index (χ3v) is 3.89. The van der Waals surface area contributed by atoms with E-state index in [1.54, 1.807) is 6.08 Å². The van der Waals surface area contributed by atoms with E-state index in [1.165, 1.54) is 6.08 Å². The summed E-state index contributed by atoms with van der Waals surface area (Å²) in [6, 6.07) is 13.0. The molecule has 0 spiro atoms. The molecule has 0 aliphatic rings. The minimum absolute atomic E-state index is 0.224. The fraction of sp³-hybridized carbons (Fsp3) is 0.348. The van der Waals surface area contributed by atoms with Crippen LogP contribution in [0.1, 0.15) is 39.2 Å². The van der Waals surface area contributed by atoms with Gasteiger partial charge in [-0.05, 0) is 56.2 Å². The lowest BCUT2D eigenvalue weighted by atomic mass is 10.2. The molecule has 5 heteroatoms. The highest BCUT2D eigenvalue weighted by atomic mass is 16.5. The number of unbranched alkanes of at least 4 members (excludes halogenated alkanes) is 1. The van der Waals surface area contributed by atoms with Crippen LogP contribution in [0.3, 0.4) is 0 Å². The number of hydrogen-bond acceptors (Lipinski definition) is 4. The molecule has 150 valence electrons. The summed E-state index contributed by atoms with van der Waals surface area (Å²) in [5.41, 5.74) is 1.52. The minimum atomic E-state index is -0.224. The van der Waals surface area contributed by atoms with Gasteiger partial charge < -0.3 is 19.5 Å². The molecule has 0 radical (unpaired) electrons. The molecule has 2 aromatic carbocycles. The molecule has 0 fully saturated rings. The summed E-state index contributed by atoms with van der Waals surface area (Å²) in [5, 5.41) is 2.87. The number of anilines is 1. The summed E-state index contributed by atoms with van der Waals surface area (Å²) in [5.74, 6) is 1.82. The van der Waals surface area contributed by atoms with E-state index in [0.29, 0.717) is 42.8 Å². The molecule has 5 nitrogen and oxygen atoms in total. The average molecular weight is 383 g/mol. The summed E-state index contributed by atoms with van der Waals surface area (Å²) < 4.78 is 16.9. The van der Waals surface area contributed by atoms with Gasteiger partial charge in [-0.1, -0.05) is 31.5 Å². The van der Waals surface area contributed by atoms with Gasteiger partial charge in [-0.15, -0.1) is 0 Å². The van der Waals surface area contributed by atoms with Gasteiger partial charge in [0.15, 0.2) is 11.5 Å². The Kier molecular flexibility index (Phi) is 8.92. The molecule has 0 saturated carbocycles. The maximum Gasteiger partial charge on any atom is 0.248 e. The Bertz CT molecular complexity index is 786. The second kappa shape index (κ2) is 11.7. The molecule has 0 aliphatic carbocycles. The first kappa shape index (κ1) is 21.4. The molecule has 0 aliphatic heterocycles. The van der Waals surface area contributed by atoms with Crippen molar-refractivity contribution in [3.8, 4) is 17.2 Å². The number of benzene rings is 2. The Morgan fingerprint density at radius 3 is 2.43 bits per heavy atom. The first-order valence-electron chi connectivity index (χ1n) is 9.78. The van der Waals surface area contributed by atoms with E-state index in [9.17, 15) is 4.79 Å². The third kappa shape index (κ3) is 6.65. The molecule has 1 amide bonds. The van der Waals surface area contributed by atoms with Crippen molar-refractivity contribution < 1.29 is 19.0 Å². The van der Waals surface area contributed by atoms with Gasteiger partial charge in [0.25, 0.3) is 0 Å². The summed E-state index contributed by atoms with van der Waals surface area (Å²) in [7, 11) is 0. The standard InChI is InChI=1S/C23H29NO4/c1-4-7-16-28-20-11-9-8-10-19(20)24-23(25)15-13-18-12-14-21(26-5-2)22(17-18)27-6-3/h8-15,17H,4-7,16H2,1-3H3,(H,24,25)/b15-13+. The second-order valence-electron chi connectivity index (χ2n) is 6.09. The van der Waals surface area contributed by atoms with E-state index in [2.05, 4.69) is 12.2 Å². The lowest BCUT2D eigenvalue weighted by Crippen LogP contribution is -2.09. The molecule has 0 heterocycles. The van der Waals surface area contributed by atoms with Crippen molar-refractivity contribution in [1.82, 2.24) is 0 Å². The van der Waals surface area contributed by atoms with Gasteiger partial charge in [-0.2, -0.15) is 0 Å². The van der Waals surface area contributed by atoms with Gasteiger partial charge in [0, 0.05) is 6.08 Å². The maximum atomic E-state index is 12.3. The zero-order valence-corrected chi connectivity index (χ0v) is 16.9. The van der Waals surface area contributed by atoms with Gasteiger partial charge in [-0.3, -0.25) is 4.79 Å². The zero-order valence-electron chi connectivity index (χ0n) is 16.9. The van der Waals surface area contributed by atoms with Crippen molar-refractivity contribution >= 4 is 17.7 Å². The number of nitrogens with one attached hydrogen (secondary N) is 1. The molecule has 0 saturated heterocycles. The number of ether oxygens (including phenoxy) is 3. The highest BCUT2D eigenvalue weighted by Gasteiger charge is 2.07. The van der Waals surface area contributed by atoms with E-state index in [4.69, 9.17) is 14.2 Å². The molecule has 0 atom stereocenters. The van der Waals surface area contributed by atoms with Crippen LogP contribution in [0.5, 0.6) is 17.2 Å². The molecule has 0 aromatic heterocycles. The predicted octanol–water partition coefficient (Wildman–Crippen LogP) is 5.31. The number of carbonyl (C=O) groups is 1. The first-order chi connectivity index (χ1) is 13.7. The molecule has 1 N–H and O–H groups in total. The average Bonchev–Trinajstić information content (AvgIpc) is 2.70. The van der Waals surface area contributed by atoms with Gasteiger partial charge >= 0.3 is 0 Å². The number of carbonyl (C=O) groups excluding carboxylic acids is 1. The summed E-state index contributed by atoms with van der Waals surface area (Å²) in [4.78, 5) is 12.3. The summed E-state index contributed by atoms with van der Waals surface area (Å²) in [6.45, 7) is 7.70. The van der Waals surface area contributed by atoms with E-state index in [0.717, 1.165) is 18.4 Å². The molecular weight excluding hydrogens is 354 g/mol. The van der Waals surface area contributed by atoms with Crippen LogP contribution < -0.4 is 19.5 Å². The van der Waals surface area contributed by atoms with Gasteiger partial charge in [0.05, 0.1) is 25.5 Å². The van der Waals surface area contributed by atoms with Crippen molar-refractivity contribution in [1.29, 1.82) is 0 Å². The Labute approximate surface area is 167 Å².